The Morgan fingerprint density at radius 3 is 3.04 bits per heavy atom. The number of carbonyl (C=O) groups excluding carboxylic acids is 1. The second-order valence-electron chi connectivity index (χ2n) is 5.15. The Morgan fingerprint density at radius 1 is 1.52 bits per heavy atom. The lowest BCUT2D eigenvalue weighted by Crippen LogP contribution is -2.26. The lowest BCUT2D eigenvalue weighted by atomic mass is 10.2. The third-order valence-corrected chi connectivity index (χ3v) is 3.61. The molecule has 1 unspecified atom stereocenters. The van der Waals surface area contributed by atoms with Crippen LogP contribution in [0.4, 0.5) is 5.69 Å². The van der Waals surface area contributed by atoms with E-state index in [1.165, 1.54) is 16.7 Å². The van der Waals surface area contributed by atoms with E-state index in [1.54, 1.807) is 37.5 Å². The summed E-state index contributed by atoms with van der Waals surface area (Å²) in [6.45, 7) is 1.93. The zero-order valence-corrected chi connectivity index (χ0v) is 13.4. The SMILES string of the molecule is CCOC(=O)C(Nc1cc(C#N)c(=O)n2ccccc12)c1ncc[nH]1. The Labute approximate surface area is 142 Å². The number of anilines is 1. The van der Waals surface area contributed by atoms with Crippen LogP contribution in [0.3, 0.4) is 0 Å². The second kappa shape index (κ2) is 6.88. The molecule has 25 heavy (non-hydrogen) atoms. The molecule has 0 aromatic carbocycles. The number of aromatic nitrogens is 3. The highest BCUT2D eigenvalue weighted by Gasteiger charge is 2.25. The van der Waals surface area contributed by atoms with Crippen LogP contribution in [0, 0.1) is 11.3 Å². The Bertz CT molecular complexity index is 1000. The van der Waals surface area contributed by atoms with Crippen LogP contribution in [-0.4, -0.2) is 26.9 Å². The molecule has 0 saturated heterocycles. The molecule has 8 heteroatoms. The largest absolute Gasteiger partial charge is 0.464 e. The number of imidazole rings is 1. The van der Waals surface area contributed by atoms with E-state index in [9.17, 15) is 14.9 Å². The van der Waals surface area contributed by atoms with E-state index in [0.717, 1.165) is 0 Å². The predicted molar refractivity (Wildman–Crippen MR) is 90.0 cm³/mol. The quantitative estimate of drug-likeness (QED) is 0.684. The normalized spacial score (nSPS) is 11.7. The van der Waals surface area contributed by atoms with Gasteiger partial charge in [-0.3, -0.25) is 9.20 Å². The van der Waals surface area contributed by atoms with E-state index in [2.05, 4.69) is 15.3 Å². The summed E-state index contributed by atoms with van der Waals surface area (Å²) >= 11 is 0. The molecule has 0 radical (unpaired) electrons. The smallest absolute Gasteiger partial charge is 0.336 e. The zero-order chi connectivity index (χ0) is 17.8. The molecule has 0 aliphatic carbocycles. The standard InChI is InChI=1S/C17H15N5O3/c1-2-25-17(24)14(15-19-6-7-20-15)21-12-9-11(10-18)16(23)22-8-4-3-5-13(12)22/h3-9,14,21H,2H2,1H3,(H,19,20). The summed E-state index contributed by atoms with van der Waals surface area (Å²) in [5, 5.41) is 12.2. The summed E-state index contributed by atoms with van der Waals surface area (Å²) < 4.78 is 6.45. The molecule has 3 aromatic heterocycles. The van der Waals surface area contributed by atoms with E-state index in [1.807, 2.05) is 6.07 Å². The molecule has 0 amide bonds. The number of nitriles is 1. The number of hydrogen-bond donors (Lipinski definition) is 2. The van der Waals surface area contributed by atoms with Crippen LogP contribution in [-0.2, 0) is 9.53 Å². The van der Waals surface area contributed by atoms with Crippen LogP contribution in [0.2, 0.25) is 0 Å². The Kier molecular flexibility index (Phi) is 4.48. The highest BCUT2D eigenvalue weighted by molar-refractivity contribution is 5.83. The van der Waals surface area contributed by atoms with Gasteiger partial charge in [0.15, 0.2) is 6.04 Å². The molecule has 0 aliphatic rings. The van der Waals surface area contributed by atoms with Crippen LogP contribution < -0.4 is 10.9 Å². The molecule has 1 atom stereocenters. The van der Waals surface area contributed by atoms with Gasteiger partial charge in [0.1, 0.15) is 17.5 Å². The van der Waals surface area contributed by atoms with Gasteiger partial charge >= 0.3 is 5.97 Å². The van der Waals surface area contributed by atoms with Gasteiger partial charge in [0.2, 0.25) is 0 Å². The van der Waals surface area contributed by atoms with Gasteiger partial charge in [-0.1, -0.05) is 6.07 Å². The number of carbonyl (C=O) groups is 1. The molecule has 0 bridgehead atoms. The molecule has 0 aliphatic heterocycles. The van der Waals surface area contributed by atoms with Crippen molar-refractivity contribution in [1.82, 2.24) is 14.4 Å². The third kappa shape index (κ3) is 3.07. The van der Waals surface area contributed by atoms with Crippen molar-refractivity contribution in [2.24, 2.45) is 0 Å². The van der Waals surface area contributed by atoms with Gasteiger partial charge in [0, 0.05) is 18.6 Å². The predicted octanol–water partition coefficient (Wildman–Crippen LogP) is 1.61. The van der Waals surface area contributed by atoms with Gasteiger partial charge in [-0.2, -0.15) is 5.26 Å². The first-order chi connectivity index (χ1) is 12.2. The van der Waals surface area contributed by atoms with Crippen LogP contribution in [0.5, 0.6) is 0 Å². The zero-order valence-electron chi connectivity index (χ0n) is 13.4. The highest BCUT2D eigenvalue weighted by atomic mass is 16.5. The average Bonchev–Trinajstić information content (AvgIpc) is 3.16. The Morgan fingerprint density at radius 2 is 2.36 bits per heavy atom. The molecule has 3 rings (SSSR count). The average molecular weight is 337 g/mol. The van der Waals surface area contributed by atoms with Gasteiger partial charge < -0.3 is 15.0 Å². The monoisotopic (exact) mass is 337 g/mol. The highest BCUT2D eigenvalue weighted by Crippen LogP contribution is 2.23. The number of rotatable bonds is 5. The van der Waals surface area contributed by atoms with Crippen LogP contribution in [0.15, 0.2) is 47.7 Å². The fraction of sp³-hybridized carbons (Fsp3) is 0.176. The van der Waals surface area contributed by atoms with E-state index < -0.39 is 17.6 Å². The number of nitrogens with zero attached hydrogens (tertiary/aromatic N) is 3. The first-order valence-corrected chi connectivity index (χ1v) is 7.62. The molecule has 126 valence electrons. The lowest BCUT2D eigenvalue weighted by molar-refractivity contribution is -0.144. The molecular formula is C17H15N5O3. The molecule has 0 fully saturated rings. The number of nitrogens with one attached hydrogen (secondary N) is 2. The summed E-state index contributed by atoms with van der Waals surface area (Å²) in [5.41, 5.74) is 0.529. The first-order valence-electron chi connectivity index (χ1n) is 7.62. The molecule has 3 aromatic rings. The van der Waals surface area contributed by atoms with Crippen molar-refractivity contribution in [3.05, 3.63) is 64.6 Å². The van der Waals surface area contributed by atoms with Crippen molar-refractivity contribution in [2.75, 3.05) is 11.9 Å². The van der Waals surface area contributed by atoms with Crippen molar-refractivity contribution in [3.8, 4) is 6.07 Å². The third-order valence-electron chi connectivity index (χ3n) is 3.61. The number of fused-ring (bicyclic) bond motifs is 1. The van der Waals surface area contributed by atoms with Crippen LogP contribution in [0.1, 0.15) is 24.4 Å². The van der Waals surface area contributed by atoms with Crippen molar-refractivity contribution in [1.29, 1.82) is 5.26 Å². The fourth-order valence-electron chi connectivity index (χ4n) is 2.50. The van der Waals surface area contributed by atoms with E-state index in [0.29, 0.717) is 17.0 Å². The first kappa shape index (κ1) is 16.3. The molecule has 8 nitrogen and oxygen atoms in total. The summed E-state index contributed by atoms with van der Waals surface area (Å²) in [6.07, 6.45) is 4.69. The van der Waals surface area contributed by atoms with E-state index >= 15 is 0 Å². The molecular weight excluding hydrogens is 322 g/mol. The van der Waals surface area contributed by atoms with Crippen molar-refractivity contribution in [3.63, 3.8) is 0 Å². The Hall–Kier alpha value is -3.60. The molecule has 2 N–H and O–H groups in total. The lowest BCUT2D eigenvalue weighted by Gasteiger charge is -2.18. The van der Waals surface area contributed by atoms with E-state index in [-0.39, 0.29) is 12.2 Å². The summed E-state index contributed by atoms with van der Waals surface area (Å²) in [5.74, 6) is -0.145. The molecule has 0 spiro atoms. The molecule has 0 saturated carbocycles. The van der Waals surface area contributed by atoms with Crippen molar-refractivity contribution in [2.45, 2.75) is 13.0 Å². The molecule has 3 heterocycles. The minimum atomic E-state index is -0.900. The van der Waals surface area contributed by atoms with Crippen LogP contribution >= 0.6 is 0 Å². The minimum absolute atomic E-state index is 0.0340. The summed E-state index contributed by atoms with van der Waals surface area (Å²) in [7, 11) is 0. The van der Waals surface area contributed by atoms with Gasteiger partial charge in [-0.25, -0.2) is 9.78 Å². The maximum absolute atomic E-state index is 12.3. The number of H-pyrrole nitrogens is 1. The topological polar surface area (TPSA) is 112 Å². The number of hydrogen-bond acceptors (Lipinski definition) is 6. The number of aromatic amines is 1. The van der Waals surface area contributed by atoms with Gasteiger partial charge in [0.25, 0.3) is 5.56 Å². The minimum Gasteiger partial charge on any atom is -0.464 e. The summed E-state index contributed by atoms with van der Waals surface area (Å²) in [4.78, 5) is 31.6. The van der Waals surface area contributed by atoms with Gasteiger partial charge in [0.05, 0.1) is 17.8 Å². The maximum atomic E-state index is 12.3. The van der Waals surface area contributed by atoms with Crippen molar-refractivity contribution < 1.29 is 9.53 Å². The fourth-order valence-corrected chi connectivity index (χ4v) is 2.50. The number of esters is 1. The van der Waals surface area contributed by atoms with Crippen molar-refractivity contribution >= 4 is 17.2 Å². The van der Waals surface area contributed by atoms with Crippen LogP contribution in [0.25, 0.3) is 5.52 Å². The van der Waals surface area contributed by atoms with E-state index in [4.69, 9.17) is 4.74 Å². The van der Waals surface area contributed by atoms with Gasteiger partial charge in [-0.15, -0.1) is 0 Å². The van der Waals surface area contributed by atoms with Gasteiger partial charge in [-0.05, 0) is 25.1 Å². The summed E-state index contributed by atoms with van der Waals surface area (Å²) in [6, 6.07) is 7.57. The second-order valence-corrected chi connectivity index (χ2v) is 5.15. The number of pyridine rings is 2. The number of ether oxygens (including phenoxy) is 1. The Balaban J connectivity index is 2.12. The maximum Gasteiger partial charge on any atom is 0.336 e.